The number of carbonyl (C=O) groups excluding carboxylic acids is 2. The van der Waals surface area contributed by atoms with E-state index in [1.165, 1.54) is 6.07 Å². The number of carbonyl (C=O) groups is 2. The number of nitrogens with one attached hydrogen (secondary N) is 1. The molecular weight excluding hydrogens is 278 g/mol. The van der Waals surface area contributed by atoms with Crippen LogP contribution in [0.3, 0.4) is 0 Å². The molecular formula is C14H22ClN3O2. The first-order chi connectivity index (χ1) is 9.08. The Hall–Kier alpha value is -1.59. The van der Waals surface area contributed by atoms with E-state index in [1.54, 1.807) is 18.2 Å². The highest BCUT2D eigenvalue weighted by molar-refractivity contribution is 5.99. The van der Waals surface area contributed by atoms with Gasteiger partial charge in [0.05, 0.1) is 0 Å². The molecule has 20 heavy (non-hydrogen) atoms. The second-order valence-electron chi connectivity index (χ2n) is 4.49. The van der Waals surface area contributed by atoms with Crippen molar-refractivity contribution < 1.29 is 9.59 Å². The molecule has 0 fully saturated rings. The van der Waals surface area contributed by atoms with Crippen molar-refractivity contribution in [2.75, 3.05) is 6.54 Å². The highest BCUT2D eigenvalue weighted by Crippen LogP contribution is 2.06. The predicted octanol–water partition coefficient (Wildman–Crippen LogP) is 1.45. The van der Waals surface area contributed by atoms with Crippen LogP contribution < -0.4 is 16.8 Å². The minimum Gasteiger partial charge on any atom is -0.366 e. The lowest BCUT2D eigenvalue weighted by atomic mass is 10.1. The number of primary amides is 1. The smallest absolute Gasteiger partial charge is 0.251 e. The zero-order chi connectivity index (χ0) is 14.3. The third-order valence-electron chi connectivity index (χ3n) is 2.94. The molecule has 0 radical (unpaired) electrons. The number of rotatable bonds is 7. The SMILES string of the molecule is CCCCC(CN)NC(=O)c1cccc(C(N)=O)c1.Cl. The molecule has 0 heterocycles. The van der Waals surface area contributed by atoms with Gasteiger partial charge in [0.1, 0.15) is 0 Å². The fourth-order valence-corrected chi connectivity index (χ4v) is 1.78. The van der Waals surface area contributed by atoms with Gasteiger partial charge in [-0.25, -0.2) is 0 Å². The van der Waals surface area contributed by atoms with Crippen molar-refractivity contribution in [3.05, 3.63) is 35.4 Å². The summed E-state index contributed by atoms with van der Waals surface area (Å²) in [6.45, 7) is 2.49. The number of hydrogen-bond acceptors (Lipinski definition) is 3. The van der Waals surface area contributed by atoms with Crippen LogP contribution in [0.1, 0.15) is 46.9 Å². The predicted molar refractivity (Wildman–Crippen MR) is 82.0 cm³/mol. The third-order valence-corrected chi connectivity index (χ3v) is 2.94. The Labute approximate surface area is 125 Å². The molecule has 1 aromatic rings. The Morgan fingerprint density at radius 3 is 2.50 bits per heavy atom. The molecule has 0 aromatic heterocycles. The van der Waals surface area contributed by atoms with E-state index in [2.05, 4.69) is 12.2 Å². The van der Waals surface area contributed by atoms with Crippen LogP contribution in [-0.4, -0.2) is 24.4 Å². The van der Waals surface area contributed by atoms with Gasteiger partial charge >= 0.3 is 0 Å². The molecule has 0 saturated carbocycles. The maximum atomic E-state index is 12.0. The molecule has 2 amide bonds. The Balaban J connectivity index is 0.00000361. The molecule has 0 bridgehead atoms. The van der Waals surface area contributed by atoms with E-state index >= 15 is 0 Å². The number of unbranched alkanes of at least 4 members (excludes halogenated alkanes) is 1. The molecule has 0 aliphatic heterocycles. The molecule has 0 aliphatic carbocycles. The van der Waals surface area contributed by atoms with E-state index in [1.807, 2.05) is 0 Å². The van der Waals surface area contributed by atoms with Gasteiger partial charge in [-0.1, -0.05) is 25.8 Å². The van der Waals surface area contributed by atoms with Crippen molar-refractivity contribution in [3.8, 4) is 0 Å². The highest BCUT2D eigenvalue weighted by atomic mass is 35.5. The van der Waals surface area contributed by atoms with Gasteiger partial charge in [0.25, 0.3) is 5.91 Å². The van der Waals surface area contributed by atoms with E-state index in [4.69, 9.17) is 11.5 Å². The van der Waals surface area contributed by atoms with Gasteiger partial charge in [0.15, 0.2) is 0 Å². The standard InChI is InChI=1S/C14H21N3O2.ClH/c1-2-3-7-12(9-15)17-14(19)11-6-4-5-10(8-11)13(16)18;/h4-6,8,12H,2-3,7,9,15H2,1H3,(H2,16,18)(H,17,19);1H. The van der Waals surface area contributed by atoms with E-state index < -0.39 is 5.91 Å². The Bertz CT molecular complexity index is 452. The van der Waals surface area contributed by atoms with Gasteiger partial charge in [-0.3, -0.25) is 9.59 Å². The average Bonchev–Trinajstić information content (AvgIpc) is 2.43. The van der Waals surface area contributed by atoms with Crippen LogP contribution in [0, 0.1) is 0 Å². The minimum absolute atomic E-state index is 0. The summed E-state index contributed by atoms with van der Waals surface area (Å²) >= 11 is 0. The summed E-state index contributed by atoms with van der Waals surface area (Å²) in [4.78, 5) is 23.1. The second-order valence-corrected chi connectivity index (χ2v) is 4.49. The summed E-state index contributed by atoms with van der Waals surface area (Å²) in [6, 6.07) is 6.32. The molecule has 1 unspecified atom stereocenters. The zero-order valence-electron chi connectivity index (χ0n) is 11.6. The minimum atomic E-state index is -0.545. The molecule has 112 valence electrons. The second kappa shape index (κ2) is 9.34. The largest absolute Gasteiger partial charge is 0.366 e. The van der Waals surface area contributed by atoms with Gasteiger partial charge in [-0.15, -0.1) is 12.4 Å². The number of hydrogen-bond donors (Lipinski definition) is 3. The summed E-state index contributed by atoms with van der Waals surface area (Å²) in [5, 5.41) is 2.87. The van der Waals surface area contributed by atoms with Crippen molar-refractivity contribution in [1.82, 2.24) is 5.32 Å². The molecule has 5 N–H and O–H groups in total. The highest BCUT2D eigenvalue weighted by Gasteiger charge is 2.13. The van der Waals surface area contributed by atoms with E-state index in [9.17, 15) is 9.59 Å². The van der Waals surface area contributed by atoms with Crippen LogP contribution in [-0.2, 0) is 0 Å². The Kier molecular flexibility index (Phi) is 8.59. The maximum absolute atomic E-state index is 12.0. The maximum Gasteiger partial charge on any atom is 0.251 e. The molecule has 1 rings (SSSR count). The molecule has 1 aromatic carbocycles. The third kappa shape index (κ3) is 5.59. The summed E-state index contributed by atoms with van der Waals surface area (Å²) in [5.74, 6) is -0.773. The van der Waals surface area contributed by atoms with Crippen LogP contribution in [0.5, 0.6) is 0 Å². The molecule has 5 nitrogen and oxygen atoms in total. The summed E-state index contributed by atoms with van der Waals surface area (Å²) in [6.07, 6.45) is 2.93. The number of benzene rings is 1. The lowest BCUT2D eigenvalue weighted by Gasteiger charge is -2.16. The Morgan fingerprint density at radius 1 is 1.30 bits per heavy atom. The monoisotopic (exact) mass is 299 g/mol. The Morgan fingerprint density at radius 2 is 1.95 bits per heavy atom. The normalized spacial score (nSPS) is 11.3. The van der Waals surface area contributed by atoms with Gasteiger partial charge in [0, 0.05) is 23.7 Å². The topological polar surface area (TPSA) is 98.2 Å². The molecule has 6 heteroatoms. The van der Waals surface area contributed by atoms with Gasteiger partial charge in [-0.05, 0) is 24.6 Å². The molecule has 0 saturated heterocycles. The fraction of sp³-hybridized carbons (Fsp3) is 0.429. The number of halogens is 1. The zero-order valence-corrected chi connectivity index (χ0v) is 12.4. The van der Waals surface area contributed by atoms with Crippen LogP contribution >= 0.6 is 12.4 Å². The van der Waals surface area contributed by atoms with E-state index in [-0.39, 0.29) is 24.4 Å². The lowest BCUT2D eigenvalue weighted by molar-refractivity contribution is 0.0935. The van der Waals surface area contributed by atoms with Gasteiger partial charge < -0.3 is 16.8 Å². The molecule has 0 spiro atoms. The van der Waals surface area contributed by atoms with Gasteiger partial charge in [-0.2, -0.15) is 0 Å². The van der Waals surface area contributed by atoms with Crippen molar-refractivity contribution in [1.29, 1.82) is 0 Å². The summed E-state index contributed by atoms with van der Waals surface area (Å²) in [7, 11) is 0. The van der Waals surface area contributed by atoms with Crippen LogP contribution in [0.4, 0.5) is 0 Å². The van der Waals surface area contributed by atoms with Crippen LogP contribution in [0.2, 0.25) is 0 Å². The van der Waals surface area contributed by atoms with E-state index in [0.29, 0.717) is 17.7 Å². The first-order valence-corrected chi connectivity index (χ1v) is 6.49. The van der Waals surface area contributed by atoms with Crippen LogP contribution in [0.25, 0.3) is 0 Å². The number of nitrogens with two attached hydrogens (primary N) is 2. The fourth-order valence-electron chi connectivity index (χ4n) is 1.78. The first-order valence-electron chi connectivity index (χ1n) is 6.49. The van der Waals surface area contributed by atoms with Crippen molar-refractivity contribution in [2.45, 2.75) is 32.2 Å². The quantitative estimate of drug-likeness (QED) is 0.710. The number of amides is 2. The lowest BCUT2D eigenvalue weighted by Crippen LogP contribution is -2.40. The van der Waals surface area contributed by atoms with Crippen molar-refractivity contribution >= 4 is 24.2 Å². The summed E-state index contributed by atoms with van der Waals surface area (Å²) < 4.78 is 0. The van der Waals surface area contributed by atoms with E-state index in [0.717, 1.165) is 19.3 Å². The van der Waals surface area contributed by atoms with Crippen LogP contribution in [0.15, 0.2) is 24.3 Å². The summed E-state index contributed by atoms with van der Waals surface area (Å²) in [5.41, 5.74) is 11.6. The van der Waals surface area contributed by atoms with Crippen molar-refractivity contribution in [3.63, 3.8) is 0 Å². The first kappa shape index (κ1) is 18.4. The molecule has 1 atom stereocenters. The van der Waals surface area contributed by atoms with Gasteiger partial charge in [0.2, 0.25) is 5.91 Å². The molecule has 0 aliphatic rings. The van der Waals surface area contributed by atoms with Crippen molar-refractivity contribution in [2.24, 2.45) is 11.5 Å². The average molecular weight is 300 g/mol.